The van der Waals surface area contributed by atoms with Gasteiger partial charge >= 0.3 is 12.3 Å². The van der Waals surface area contributed by atoms with Gasteiger partial charge in [-0.3, -0.25) is 5.32 Å². The minimum atomic E-state index is -3.70. The molecule has 142 valence electrons. The molecule has 0 radical (unpaired) electrons. The first-order valence-corrected chi connectivity index (χ1v) is 8.91. The number of hydrogen-bond donors (Lipinski definition) is 1. The van der Waals surface area contributed by atoms with Crippen LogP contribution >= 0.6 is 11.6 Å². The number of halogens is 3. The van der Waals surface area contributed by atoms with Gasteiger partial charge in [-0.2, -0.15) is 0 Å². The number of piperidine rings is 1. The number of hydrogen-bond acceptors (Lipinski definition) is 4. The van der Waals surface area contributed by atoms with E-state index >= 15 is 0 Å². The number of rotatable bonds is 2. The first-order valence-electron chi connectivity index (χ1n) is 8.53. The molecule has 1 saturated heterocycles. The van der Waals surface area contributed by atoms with Crippen molar-refractivity contribution in [1.82, 2.24) is 9.88 Å². The van der Waals surface area contributed by atoms with Gasteiger partial charge in [0.1, 0.15) is 5.82 Å². The quantitative estimate of drug-likeness (QED) is 0.797. The number of amides is 2. The molecule has 1 N–H and O–H groups in total. The average molecular weight is 396 g/mol. The molecule has 4 rings (SSSR count). The van der Waals surface area contributed by atoms with Gasteiger partial charge in [-0.05, 0) is 37.5 Å². The minimum absolute atomic E-state index is 0.0955. The number of carbonyl (C=O) groups is 1. The lowest BCUT2D eigenvalue weighted by molar-refractivity contribution is -0.286. The van der Waals surface area contributed by atoms with Crippen molar-refractivity contribution in [3.8, 4) is 22.6 Å². The molecule has 2 aromatic rings. The molecule has 2 aliphatic heterocycles. The van der Waals surface area contributed by atoms with Crippen LogP contribution in [0.2, 0.25) is 5.02 Å². The lowest BCUT2D eigenvalue weighted by Crippen LogP contribution is -2.38. The number of ether oxygens (including phenoxy) is 2. The number of nitrogens with zero attached hydrogens (tertiary/aromatic N) is 2. The summed E-state index contributed by atoms with van der Waals surface area (Å²) in [6.07, 6.45) is 0.945. The number of aromatic nitrogens is 1. The van der Waals surface area contributed by atoms with Crippen molar-refractivity contribution < 1.29 is 23.0 Å². The fourth-order valence-electron chi connectivity index (χ4n) is 3.11. The van der Waals surface area contributed by atoms with E-state index in [-0.39, 0.29) is 22.6 Å². The second kappa shape index (κ2) is 6.84. The number of benzene rings is 1. The summed E-state index contributed by atoms with van der Waals surface area (Å²) < 4.78 is 35.2. The van der Waals surface area contributed by atoms with Gasteiger partial charge in [0, 0.05) is 36.5 Å². The molecule has 0 spiro atoms. The Hall–Kier alpha value is -2.61. The maximum absolute atomic E-state index is 13.2. The van der Waals surface area contributed by atoms with Gasteiger partial charge in [0.15, 0.2) is 11.5 Å². The molecule has 1 fully saturated rings. The van der Waals surface area contributed by atoms with E-state index in [1.54, 1.807) is 17.0 Å². The zero-order valence-electron chi connectivity index (χ0n) is 14.2. The highest BCUT2D eigenvalue weighted by Crippen LogP contribution is 2.45. The molecule has 6 nitrogen and oxygen atoms in total. The molecule has 1 aromatic carbocycles. The molecule has 0 atom stereocenters. The maximum Gasteiger partial charge on any atom is 0.586 e. The highest BCUT2D eigenvalue weighted by molar-refractivity contribution is 6.33. The molecule has 9 heteroatoms. The smallest absolute Gasteiger partial charge is 0.395 e. The Bertz CT molecular complexity index is 871. The summed E-state index contributed by atoms with van der Waals surface area (Å²) in [5.41, 5.74) is 1.07. The Morgan fingerprint density at radius 1 is 1.15 bits per heavy atom. The Morgan fingerprint density at radius 2 is 1.85 bits per heavy atom. The summed E-state index contributed by atoms with van der Waals surface area (Å²) >= 11 is 6.18. The van der Waals surface area contributed by atoms with Crippen LogP contribution in [0.1, 0.15) is 19.3 Å². The number of nitrogens with one attached hydrogen (secondary N) is 1. The summed E-state index contributed by atoms with van der Waals surface area (Å²) in [4.78, 5) is 18.2. The van der Waals surface area contributed by atoms with Crippen LogP contribution in [0.4, 0.5) is 19.4 Å². The summed E-state index contributed by atoms with van der Waals surface area (Å²) in [5.74, 6) is 0.187. The van der Waals surface area contributed by atoms with Crippen LogP contribution in [0, 0.1) is 0 Å². The van der Waals surface area contributed by atoms with E-state index in [9.17, 15) is 13.6 Å². The number of anilines is 1. The second-order valence-electron chi connectivity index (χ2n) is 6.36. The molecular weight excluding hydrogens is 380 g/mol. The van der Waals surface area contributed by atoms with Crippen LogP contribution in [0.3, 0.4) is 0 Å². The lowest BCUT2D eigenvalue weighted by Gasteiger charge is -2.26. The number of carbonyl (C=O) groups excluding carboxylic acids is 1. The number of alkyl halides is 2. The molecule has 3 heterocycles. The third kappa shape index (κ3) is 3.75. The van der Waals surface area contributed by atoms with Crippen molar-refractivity contribution in [3.05, 3.63) is 35.5 Å². The minimum Gasteiger partial charge on any atom is -0.395 e. The predicted octanol–water partition coefficient (Wildman–Crippen LogP) is 4.74. The summed E-state index contributed by atoms with van der Waals surface area (Å²) in [6, 6.07) is 5.80. The Labute approximate surface area is 159 Å². The largest absolute Gasteiger partial charge is 0.586 e. The number of urea groups is 1. The monoisotopic (exact) mass is 395 g/mol. The molecule has 0 saturated carbocycles. The van der Waals surface area contributed by atoms with Crippen LogP contribution in [-0.2, 0) is 0 Å². The van der Waals surface area contributed by atoms with Gasteiger partial charge in [-0.25, -0.2) is 9.78 Å². The van der Waals surface area contributed by atoms with Gasteiger partial charge in [-0.1, -0.05) is 11.6 Å². The SMILES string of the molecule is O=C(Nc1ccc(-c2cc3c(cc2Cl)OC(F)(F)O3)cn1)N1CCCCC1. The summed E-state index contributed by atoms with van der Waals surface area (Å²) in [6.45, 7) is 1.47. The topological polar surface area (TPSA) is 63.7 Å². The molecule has 0 aliphatic carbocycles. The Morgan fingerprint density at radius 3 is 2.52 bits per heavy atom. The molecule has 27 heavy (non-hydrogen) atoms. The molecular formula is C18H16ClF2N3O3. The fraction of sp³-hybridized carbons (Fsp3) is 0.333. The first-order chi connectivity index (χ1) is 12.9. The van der Waals surface area contributed by atoms with Crippen molar-refractivity contribution in [2.45, 2.75) is 25.6 Å². The molecule has 0 unspecified atom stereocenters. The predicted molar refractivity (Wildman–Crippen MR) is 95.3 cm³/mol. The van der Waals surface area contributed by atoms with Gasteiger partial charge < -0.3 is 14.4 Å². The summed E-state index contributed by atoms with van der Waals surface area (Å²) in [5, 5.41) is 2.98. The highest BCUT2D eigenvalue weighted by atomic mass is 35.5. The van der Waals surface area contributed by atoms with Gasteiger partial charge in [0.05, 0.1) is 5.02 Å². The van der Waals surface area contributed by atoms with Crippen molar-refractivity contribution in [2.24, 2.45) is 0 Å². The van der Waals surface area contributed by atoms with E-state index in [1.165, 1.54) is 18.3 Å². The van der Waals surface area contributed by atoms with Crippen LogP contribution in [-0.4, -0.2) is 35.3 Å². The zero-order valence-corrected chi connectivity index (χ0v) is 14.9. The standard InChI is InChI=1S/C18H16ClF2N3O3/c19-13-9-15-14(26-18(20,21)27-15)8-12(13)11-4-5-16(22-10-11)23-17(25)24-6-2-1-3-7-24/h4-5,8-10H,1-3,6-7H2,(H,22,23,25). The van der Waals surface area contributed by atoms with Crippen LogP contribution in [0.25, 0.3) is 11.1 Å². The maximum atomic E-state index is 13.2. The fourth-order valence-corrected chi connectivity index (χ4v) is 3.37. The van der Waals surface area contributed by atoms with E-state index in [4.69, 9.17) is 11.6 Å². The third-order valence-corrected chi connectivity index (χ3v) is 4.76. The zero-order chi connectivity index (χ0) is 19.0. The van der Waals surface area contributed by atoms with Crippen LogP contribution in [0.15, 0.2) is 30.5 Å². The Balaban J connectivity index is 1.50. The van der Waals surface area contributed by atoms with E-state index in [2.05, 4.69) is 19.8 Å². The van der Waals surface area contributed by atoms with Gasteiger partial charge in [0.2, 0.25) is 0 Å². The van der Waals surface area contributed by atoms with Crippen molar-refractivity contribution >= 4 is 23.4 Å². The second-order valence-corrected chi connectivity index (χ2v) is 6.76. The van der Waals surface area contributed by atoms with Gasteiger partial charge in [0.25, 0.3) is 0 Å². The third-order valence-electron chi connectivity index (χ3n) is 4.44. The average Bonchev–Trinajstić information content (AvgIpc) is 2.95. The normalized spacial score (nSPS) is 17.7. The Kier molecular flexibility index (Phi) is 4.51. The van der Waals surface area contributed by atoms with Crippen molar-refractivity contribution in [3.63, 3.8) is 0 Å². The van der Waals surface area contributed by atoms with Crippen molar-refractivity contribution in [1.29, 1.82) is 0 Å². The lowest BCUT2D eigenvalue weighted by atomic mass is 10.1. The molecule has 0 bridgehead atoms. The van der Waals surface area contributed by atoms with Gasteiger partial charge in [-0.15, -0.1) is 8.78 Å². The van der Waals surface area contributed by atoms with Crippen molar-refractivity contribution in [2.75, 3.05) is 18.4 Å². The molecule has 2 aliphatic rings. The van der Waals surface area contributed by atoms with E-state index in [1.807, 2.05) is 0 Å². The first kappa shape index (κ1) is 17.8. The number of fused-ring (bicyclic) bond motifs is 1. The highest BCUT2D eigenvalue weighted by Gasteiger charge is 2.43. The summed E-state index contributed by atoms with van der Waals surface area (Å²) in [7, 11) is 0. The molecule has 1 aromatic heterocycles. The van der Waals surface area contributed by atoms with Crippen LogP contribution in [0.5, 0.6) is 11.5 Å². The van der Waals surface area contributed by atoms with E-state index < -0.39 is 6.29 Å². The van der Waals surface area contributed by atoms with E-state index in [0.29, 0.717) is 16.9 Å². The number of pyridine rings is 1. The number of likely N-dealkylation sites (tertiary alicyclic amines) is 1. The van der Waals surface area contributed by atoms with Crippen LogP contribution < -0.4 is 14.8 Å². The molecule has 2 amide bonds. The van der Waals surface area contributed by atoms with E-state index in [0.717, 1.165) is 32.4 Å².